The van der Waals surface area contributed by atoms with Crippen molar-refractivity contribution in [1.82, 2.24) is 30.0 Å². The topological polar surface area (TPSA) is 254 Å². The average molecular weight is 1000 g/mol. The maximum atomic E-state index is 13.4. The largest absolute Gasteiger partial charge is 0.505 e. The summed E-state index contributed by atoms with van der Waals surface area (Å²) in [4.78, 5) is 28.1. The molecule has 0 spiro atoms. The Labute approximate surface area is 409 Å². The average Bonchev–Trinajstić information content (AvgIpc) is 3.95. The Balaban J connectivity index is 1.03. The molecule has 17 nitrogen and oxygen atoms in total. The number of benzene rings is 6. The second-order valence-corrected chi connectivity index (χ2v) is 23.3. The number of fused-ring (bicyclic) bond motifs is 2. The Morgan fingerprint density at radius 1 is 0.535 bits per heavy atom. The van der Waals surface area contributed by atoms with Gasteiger partial charge in [-0.15, -0.1) is 30.0 Å². The fourth-order valence-corrected chi connectivity index (χ4v) is 10.8. The van der Waals surface area contributed by atoms with Gasteiger partial charge in [0.1, 0.15) is 44.9 Å². The van der Waals surface area contributed by atoms with Crippen molar-refractivity contribution in [2.45, 2.75) is 97.3 Å². The van der Waals surface area contributed by atoms with Crippen LogP contribution in [-0.4, -0.2) is 91.9 Å². The number of carboxylic acids is 2. The van der Waals surface area contributed by atoms with Gasteiger partial charge in [0.15, 0.2) is 6.10 Å². The lowest BCUT2D eigenvalue weighted by Gasteiger charge is -2.24. The summed E-state index contributed by atoms with van der Waals surface area (Å²) in [6.45, 7) is 11.0. The zero-order valence-electron chi connectivity index (χ0n) is 39.7. The number of sulfone groups is 2. The number of ether oxygens (including phenoxy) is 1. The second-order valence-electron chi connectivity index (χ2n) is 19.4. The van der Waals surface area contributed by atoms with Crippen LogP contribution >= 0.6 is 0 Å². The molecule has 0 bridgehead atoms. The van der Waals surface area contributed by atoms with Gasteiger partial charge in [0.25, 0.3) is 0 Å². The number of phenolic OH excluding ortho intramolecular Hbond substituents is 2. The van der Waals surface area contributed by atoms with E-state index in [2.05, 4.69) is 20.4 Å². The van der Waals surface area contributed by atoms with Crippen molar-refractivity contribution >= 4 is 53.7 Å². The molecule has 0 amide bonds. The van der Waals surface area contributed by atoms with Crippen LogP contribution in [0.25, 0.3) is 33.4 Å². The highest BCUT2D eigenvalue weighted by atomic mass is 32.2. The lowest BCUT2D eigenvalue weighted by Crippen LogP contribution is -2.29. The molecular formula is C52H52N6O11S2. The molecule has 2 unspecified atom stereocenters. The lowest BCUT2D eigenvalue weighted by molar-refractivity contribution is -0.151. The second kappa shape index (κ2) is 19.0. The van der Waals surface area contributed by atoms with Gasteiger partial charge in [-0.25, -0.2) is 21.6 Å². The highest BCUT2D eigenvalue weighted by molar-refractivity contribution is 7.91. The summed E-state index contributed by atoms with van der Waals surface area (Å²) >= 11 is 0. The van der Waals surface area contributed by atoms with E-state index >= 15 is 0 Å². The van der Waals surface area contributed by atoms with E-state index in [1.54, 1.807) is 54.6 Å². The normalized spacial score (nSPS) is 13.4. The number of hydrogen-bond acceptors (Lipinski definition) is 13. The number of aliphatic carboxylic acids is 2. The van der Waals surface area contributed by atoms with Crippen LogP contribution in [-0.2, 0) is 57.7 Å². The van der Waals surface area contributed by atoms with Crippen LogP contribution in [0.1, 0.15) is 70.2 Å². The van der Waals surface area contributed by atoms with Gasteiger partial charge < -0.3 is 25.2 Å². The van der Waals surface area contributed by atoms with E-state index in [1.807, 2.05) is 41.5 Å². The molecule has 8 aromatic rings. The van der Waals surface area contributed by atoms with E-state index in [1.165, 1.54) is 76.3 Å². The molecule has 0 aliphatic heterocycles. The molecule has 6 aromatic carbocycles. The number of carbonyl (C=O) groups is 2. The Hall–Kier alpha value is -7.48. The van der Waals surface area contributed by atoms with E-state index in [-0.39, 0.29) is 79.4 Å². The van der Waals surface area contributed by atoms with Gasteiger partial charge >= 0.3 is 11.9 Å². The zero-order valence-corrected chi connectivity index (χ0v) is 41.3. The van der Waals surface area contributed by atoms with Crippen LogP contribution in [0, 0.1) is 5.92 Å². The van der Waals surface area contributed by atoms with Gasteiger partial charge in [0.05, 0.1) is 25.5 Å². The number of carboxylic acid groups (broad SMARTS) is 2. The van der Waals surface area contributed by atoms with Gasteiger partial charge in [-0.2, -0.15) is 0 Å². The molecule has 2 heterocycles. The molecule has 0 radical (unpaired) electrons. The number of aromatic nitrogens is 6. The quantitative estimate of drug-likeness (QED) is 0.0712. The molecule has 8 rings (SSSR count). The van der Waals surface area contributed by atoms with Crippen molar-refractivity contribution in [3.8, 4) is 22.9 Å². The molecular weight excluding hydrogens is 949 g/mol. The third-order valence-electron chi connectivity index (χ3n) is 12.1. The number of phenols is 2. The summed E-state index contributed by atoms with van der Waals surface area (Å²) in [6.07, 6.45) is -1.78. The van der Waals surface area contributed by atoms with Crippen molar-refractivity contribution in [1.29, 1.82) is 0 Å². The molecule has 71 heavy (non-hydrogen) atoms. The maximum Gasteiger partial charge on any atom is 0.333 e. The molecule has 2 aromatic heterocycles. The highest BCUT2D eigenvalue weighted by Crippen LogP contribution is 2.39. The van der Waals surface area contributed by atoms with Crippen molar-refractivity contribution < 1.29 is 51.6 Å². The summed E-state index contributed by atoms with van der Waals surface area (Å²) in [5.74, 6) is -3.85. The molecule has 0 aliphatic carbocycles. The first-order valence-electron chi connectivity index (χ1n) is 22.6. The standard InChI is InChI=1S/C52H52N6O11S2/c1-51(2,3)38-24-31(26-44(47(38)59)57-53-40-19-17-36(29-42(40)55-57)70(65,66)34-13-9-7-10-14-34)23-33(49(61)62)21-22-69-46(50(63)64)28-32-25-39(52(4,5)6)48(60)45(27-32)58-54-41-20-18-37(30-43(41)56-58)71(67,68)35-15-11-8-12-16-35/h7-20,24-27,29-30,33,46,59-60H,21-23,28H2,1-6H3,(H,61,62)(H,63,64). The molecule has 0 fully saturated rings. The molecule has 0 saturated carbocycles. The Morgan fingerprint density at radius 3 is 1.34 bits per heavy atom. The smallest absolute Gasteiger partial charge is 0.333 e. The summed E-state index contributed by atoms with van der Waals surface area (Å²) in [5.41, 5.74) is 2.05. The minimum Gasteiger partial charge on any atom is -0.505 e. The third-order valence-corrected chi connectivity index (χ3v) is 15.6. The van der Waals surface area contributed by atoms with E-state index in [9.17, 15) is 46.9 Å². The van der Waals surface area contributed by atoms with Crippen LogP contribution in [0.15, 0.2) is 141 Å². The lowest BCUT2D eigenvalue weighted by atomic mass is 9.83. The Bertz CT molecular complexity index is 3330. The fraction of sp³-hybridized carbons (Fsp3) is 0.269. The zero-order chi connectivity index (χ0) is 51.2. The Kier molecular flexibility index (Phi) is 13.4. The number of rotatable bonds is 16. The first kappa shape index (κ1) is 49.9. The SMILES string of the molecule is CC(C)(C)c1cc(CC(CCOC(Cc2cc(-n3nc4ccc(S(=O)(=O)c5ccccc5)cc4n3)c(O)c(C(C)(C)C)c2)C(=O)O)C(=O)O)cc(-n2nc3ccc(S(=O)(=O)c4ccccc4)cc3n2)c1O. The Morgan fingerprint density at radius 2 is 0.944 bits per heavy atom. The molecule has 4 N–H and O–H groups in total. The number of nitrogens with zero attached hydrogens (tertiary/aromatic N) is 6. The minimum absolute atomic E-state index is 0.00196. The predicted molar refractivity (Wildman–Crippen MR) is 263 cm³/mol. The fourth-order valence-electron chi connectivity index (χ4n) is 8.23. The van der Waals surface area contributed by atoms with E-state index in [0.717, 1.165) is 0 Å². The first-order valence-corrected chi connectivity index (χ1v) is 25.5. The van der Waals surface area contributed by atoms with Crippen LogP contribution in [0.4, 0.5) is 0 Å². The maximum absolute atomic E-state index is 13.4. The van der Waals surface area contributed by atoms with E-state index in [0.29, 0.717) is 33.3 Å². The van der Waals surface area contributed by atoms with Crippen molar-refractivity contribution in [3.63, 3.8) is 0 Å². The van der Waals surface area contributed by atoms with Gasteiger partial charge in [-0.1, -0.05) is 90.1 Å². The monoisotopic (exact) mass is 1000 g/mol. The number of aromatic hydroxyl groups is 2. The molecule has 19 heteroatoms. The minimum atomic E-state index is -3.88. The van der Waals surface area contributed by atoms with Crippen LogP contribution < -0.4 is 0 Å². The van der Waals surface area contributed by atoms with E-state index < -0.39 is 54.5 Å². The number of hydrogen-bond donors (Lipinski definition) is 4. The van der Waals surface area contributed by atoms with Crippen molar-refractivity contribution in [3.05, 3.63) is 144 Å². The van der Waals surface area contributed by atoms with E-state index in [4.69, 9.17) is 4.74 Å². The predicted octanol–water partition coefficient (Wildman–Crippen LogP) is 8.17. The first-order chi connectivity index (χ1) is 33.4. The summed E-state index contributed by atoms with van der Waals surface area (Å²) < 4.78 is 59.5. The van der Waals surface area contributed by atoms with Crippen LogP contribution in [0.2, 0.25) is 0 Å². The van der Waals surface area contributed by atoms with Crippen molar-refractivity contribution in [2.24, 2.45) is 5.92 Å². The molecule has 0 aliphatic rings. The van der Waals surface area contributed by atoms with Gasteiger partial charge in [-0.3, -0.25) is 4.79 Å². The summed E-state index contributed by atoms with van der Waals surface area (Å²) in [5, 5.41) is 62.1. The summed E-state index contributed by atoms with van der Waals surface area (Å²) in [7, 11) is -7.75. The van der Waals surface area contributed by atoms with Gasteiger partial charge in [-0.05, 0) is 108 Å². The summed E-state index contributed by atoms with van der Waals surface area (Å²) in [6, 6.07) is 31.1. The molecule has 368 valence electrons. The third kappa shape index (κ3) is 10.4. The molecule has 0 saturated heterocycles. The van der Waals surface area contributed by atoms with Crippen LogP contribution in [0.5, 0.6) is 11.5 Å². The van der Waals surface area contributed by atoms with Crippen LogP contribution in [0.3, 0.4) is 0 Å². The van der Waals surface area contributed by atoms with Gasteiger partial charge in [0.2, 0.25) is 19.7 Å². The van der Waals surface area contributed by atoms with Gasteiger partial charge in [0, 0.05) is 24.2 Å². The highest BCUT2D eigenvalue weighted by Gasteiger charge is 2.30. The van der Waals surface area contributed by atoms with Crippen molar-refractivity contribution in [2.75, 3.05) is 6.61 Å². The molecule has 2 atom stereocenters.